The summed E-state index contributed by atoms with van der Waals surface area (Å²) < 4.78 is 0. The lowest BCUT2D eigenvalue weighted by atomic mass is 9.95. The minimum atomic E-state index is 0.234. The topological polar surface area (TPSA) is 52.2 Å². The summed E-state index contributed by atoms with van der Waals surface area (Å²) in [6.45, 7) is 6.86. The van der Waals surface area contributed by atoms with Gasteiger partial charge in [-0.1, -0.05) is 6.07 Å². The number of piperidine rings is 1. The number of likely N-dealkylation sites (tertiary alicyclic amines) is 2. The lowest BCUT2D eigenvalue weighted by Gasteiger charge is -2.32. The summed E-state index contributed by atoms with van der Waals surface area (Å²) in [5, 5.41) is 0. The number of rotatable bonds is 3. The number of aryl methyl sites for hydroxylation is 1. The van der Waals surface area contributed by atoms with Gasteiger partial charge in [0.15, 0.2) is 0 Å². The first-order chi connectivity index (χ1) is 11.7. The molecule has 1 aromatic heterocycles. The van der Waals surface area contributed by atoms with E-state index in [0.29, 0.717) is 5.91 Å². The zero-order valence-corrected chi connectivity index (χ0v) is 14.4. The molecular weight excluding hydrogens is 300 g/mol. The predicted octanol–water partition coefficient (Wildman–Crippen LogP) is 2.71. The molecule has 5 heteroatoms. The van der Waals surface area contributed by atoms with Gasteiger partial charge in [-0.3, -0.25) is 9.69 Å². The van der Waals surface area contributed by atoms with E-state index in [1.807, 2.05) is 0 Å². The zero-order valence-electron chi connectivity index (χ0n) is 14.4. The van der Waals surface area contributed by atoms with Crippen LogP contribution in [0.15, 0.2) is 18.2 Å². The molecule has 2 aliphatic rings. The van der Waals surface area contributed by atoms with Gasteiger partial charge in [0.05, 0.1) is 17.6 Å². The van der Waals surface area contributed by atoms with Crippen molar-refractivity contribution in [2.24, 2.45) is 5.92 Å². The average molecular weight is 326 g/mol. The lowest BCUT2D eigenvalue weighted by Crippen LogP contribution is -2.41. The fourth-order valence-corrected chi connectivity index (χ4v) is 4.00. The SMILES string of the molecule is Cc1ccc2nc(CN3CCC(C(=O)N4CCCC4)CC3)[nH]c2c1. The minimum absolute atomic E-state index is 0.234. The minimum Gasteiger partial charge on any atom is -0.342 e. The van der Waals surface area contributed by atoms with Crippen molar-refractivity contribution in [3.63, 3.8) is 0 Å². The second-order valence-corrected chi connectivity index (χ2v) is 7.29. The van der Waals surface area contributed by atoms with Crippen LogP contribution in [0.5, 0.6) is 0 Å². The van der Waals surface area contributed by atoms with E-state index in [1.54, 1.807) is 0 Å². The number of imidazole rings is 1. The van der Waals surface area contributed by atoms with Gasteiger partial charge in [0.1, 0.15) is 5.82 Å². The monoisotopic (exact) mass is 326 g/mol. The Morgan fingerprint density at radius 2 is 1.96 bits per heavy atom. The number of amides is 1. The first kappa shape index (κ1) is 15.6. The van der Waals surface area contributed by atoms with Gasteiger partial charge in [0.2, 0.25) is 5.91 Å². The van der Waals surface area contributed by atoms with E-state index in [2.05, 4.69) is 39.9 Å². The number of carbonyl (C=O) groups excluding carboxylic acids is 1. The highest BCUT2D eigenvalue weighted by Crippen LogP contribution is 2.23. The Morgan fingerprint density at radius 3 is 2.71 bits per heavy atom. The van der Waals surface area contributed by atoms with Crippen molar-refractivity contribution in [3.05, 3.63) is 29.6 Å². The van der Waals surface area contributed by atoms with Crippen molar-refractivity contribution >= 4 is 16.9 Å². The van der Waals surface area contributed by atoms with Crippen LogP contribution in [-0.2, 0) is 11.3 Å². The Morgan fingerprint density at radius 1 is 1.21 bits per heavy atom. The van der Waals surface area contributed by atoms with Crippen molar-refractivity contribution in [1.82, 2.24) is 19.8 Å². The number of nitrogens with zero attached hydrogens (tertiary/aromatic N) is 3. The highest BCUT2D eigenvalue weighted by molar-refractivity contribution is 5.79. The molecule has 2 fully saturated rings. The molecule has 0 radical (unpaired) electrons. The number of aromatic nitrogens is 2. The van der Waals surface area contributed by atoms with Crippen molar-refractivity contribution in [1.29, 1.82) is 0 Å². The van der Waals surface area contributed by atoms with Crippen molar-refractivity contribution in [2.45, 2.75) is 39.2 Å². The number of aromatic amines is 1. The molecule has 0 atom stereocenters. The molecule has 1 N–H and O–H groups in total. The van der Waals surface area contributed by atoms with Gasteiger partial charge in [0, 0.05) is 19.0 Å². The van der Waals surface area contributed by atoms with Crippen LogP contribution in [0.2, 0.25) is 0 Å². The van der Waals surface area contributed by atoms with Crippen molar-refractivity contribution in [2.75, 3.05) is 26.2 Å². The molecule has 128 valence electrons. The summed E-state index contributed by atoms with van der Waals surface area (Å²) in [6.07, 6.45) is 4.32. The summed E-state index contributed by atoms with van der Waals surface area (Å²) in [6, 6.07) is 6.32. The standard InChI is InChI=1S/C19H26N4O/c1-14-4-5-16-17(12-14)21-18(20-16)13-22-10-6-15(7-11-22)19(24)23-8-2-3-9-23/h4-5,12,15H,2-3,6-11,13H2,1H3,(H,20,21). The van der Waals surface area contributed by atoms with Gasteiger partial charge in [-0.25, -0.2) is 4.98 Å². The van der Waals surface area contributed by atoms with Crippen LogP contribution in [0.25, 0.3) is 11.0 Å². The fourth-order valence-electron chi connectivity index (χ4n) is 4.00. The van der Waals surface area contributed by atoms with Gasteiger partial charge < -0.3 is 9.88 Å². The quantitative estimate of drug-likeness (QED) is 0.943. The van der Waals surface area contributed by atoms with Crippen LogP contribution in [0, 0.1) is 12.8 Å². The summed E-state index contributed by atoms with van der Waals surface area (Å²) >= 11 is 0. The van der Waals surface area contributed by atoms with Gasteiger partial charge in [-0.05, 0) is 63.4 Å². The number of hydrogen-bond acceptors (Lipinski definition) is 3. The van der Waals surface area contributed by atoms with E-state index < -0.39 is 0 Å². The molecular formula is C19H26N4O. The third-order valence-corrected chi connectivity index (χ3v) is 5.41. The summed E-state index contributed by atoms with van der Waals surface area (Å²) in [5.74, 6) is 1.66. The van der Waals surface area contributed by atoms with E-state index in [4.69, 9.17) is 4.98 Å². The maximum Gasteiger partial charge on any atom is 0.225 e. The van der Waals surface area contributed by atoms with Crippen molar-refractivity contribution < 1.29 is 4.79 Å². The number of nitrogens with one attached hydrogen (secondary N) is 1. The number of carbonyl (C=O) groups is 1. The number of benzene rings is 1. The molecule has 24 heavy (non-hydrogen) atoms. The molecule has 2 aromatic rings. The van der Waals surface area contributed by atoms with Crippen LogP contribution in [0.4, 0.5) is 0 Å². The maximum atomic E-state index is 12.5. The van der Waals surface area contributed by atoms with Crippen LogP contribution in [0.3, 0.4) is 0 Å². The first-order valence-corrected chi connectivity index (χ1v) is 9.15. The van der Waals surface area contributed by atoms with Crippen LogP contribution < -0.4 is 0 Å². The van der Waals surface area contributed by atoms with E-state index in [-0.39, 0.29) is 5.92 Å². The Labute approximate surface area is 143 Å². The van der Waals surface area contributed by atoms with E-state index in [9.17, 15) is 4.79 Å². The van der Waals surface area contributed by atoms with E-state index in [0.717, 1.165) is 62.4 Å². The Balaban J connectivity index is 1.34. The van der Waals surface area contributed by atoms with Gasteiger partial charge in [0.25, 0.3) is 0 Å². The second kappa shape index (κ2) is 6.55. The van der Waals surface area contributed by atoms with Crippen LogP contribution in [-0.4, -0.2) is 51.9 Å². The number of hydrogen-bond donors (Lipinski definition) is 1. The largest absolute Gasteiger partial charge is 0.342 e. The highest BCUT2D eigenvalue weighted by Gasteiger charge is 2.29. The summed E-state index contributed by atoms with van der Waals surface area (Å²) in [7, 11) is 0. The molecule has 0 bridgehead atoms. The van der Waals surface area contributed by atoms with Crippen molar-refractivity contribution in [3.8, 4) is 0 Å². The molecule has 0 spiro atoms. The molecule has 0 saturated carbocycles. The molecule has 0 unspecified atom stereocenters. The Bertz CT molecular complexity index is 724. The van der Waals surface area contributed by atoms with Crippen LogP contribution >= 0.6 is 0 Å². The maximum absolute atomic E-state index is 12.5. The third-order valence-electron chi connectivity index (χ3n) is 5.41. The molecule has 1 aromatic carbocycles. The Hall–Kier alpha value is -1.88. The summed E-state index contributed by atoms with van der Waals surface area (Å²) in [5.41, 5.74) is 3.40. The number of H-pyrrole nitrogens is 1. The zero-order chi connectivity index (χ0) is 16.5. The summed E-state index contributed by atoms with van der Waals surface area (Å²) in [4.78, 5) is 25.1. The molecule has 4 rings (SSSR count). The smallest absolute Gasteiger partial charge is 0.225 e. The number of fused-ring (bicyclic) bond motifs is 1. The van der Waals surface area contributed by atoms with Gasteiger partial charge in [-0.15, -0.1) is 0 Å². The molecule has 0 aliphatic carbocycles. The highest BCUT2D eigenvalue weighted by atomic mass is 16.2. The van der Waals surface area contributed by atoms with E-state index in [1.165, 1.54) is 18.4 Å². The normalized spacial score (nSPS) is 20.1. The molecule has 2 saturated heterocycles. The molecule has 5 nitrogen and oxygen atoms in total. The fraction of sp³-hybridized carbons (Fsp3) is 0.579. The lowest BCUT2D eigenvalue weighted by molar-refractivity contribution is -0.136. The van der Waals surface area contributed by atoms with Gasteiger partial charge >= 0.3 is 0 Å². The molecule has 3 heterocycles. The molecule has 1 amide bonds. The van der Waals surface area contributed by atoms with E-state index >= 15 is 0 Å². The van der Waals surface area contributed by atoms with Crippen LogP contribution in [0.1, 0.15) is 37.1 Å². The predicted molar refractivity (Wildman–Crippen MR) is 94.6 cm³/mol. The first-order valence-electron chi connectivity index (χ1n) is 9.15. The Kier molecular flexibility index (Phi) is 4.27. The average Bonchev–Trinajstić information content (AvgIpc) is 3.23. The second-order valence-electron chi connectivity index (χ2n) is 7.29. The third kappa shape index (κ3) is 3.18. The van der Waals surface area contributed by atoms with Gasteiger partial charge in [-0.2, -0.15) is 0 Å². The molecule has 2 aliphatic heterocycles.